The number of rotatable bonds is 4. The van der Waals surface area contributed by atoms with Gasteiger partial charge in [-0.3, -0.25) is 24.1 Å². The predicted molar refractivity (Wildman–Crippen MR) is 116 cm³/mol. The van der Waals surface area contributed by atoms with Crippen LogP contribution in [-0.4, -0.2) is 70.8 Å². The topological polar surface area (TPSA) is 98.1 Å². The van der Waals surface area contributed by atoms with Crippen molar-refractivity contribution in [3.05, 3.63) is 62.8 Å². The molecule has 2 aliphatic rings. The van der Waals surface area contributed by atoms with Crippen LogP contribution in [0, 0.1) is 12.7 Å². The van der Waals surface area contributed by atoms with E-state index in [4.69, 9.17) is 0 Å². The summed E-state index contributed by atoms with van der Waals surface area (Å²) in [5.41, 5.74) is 0.0716. The summed E-state index contributed by atoms with van der Waals surface area (Å²) >= 11 is 0. The predicted octanol–water partition coefficient (Wildman–Crippen LogP) is 0.617. The van der Waals surface area contributed by atoms with Gasteiger partial charge in [0.15, 0.2) is 11.4 Å². The van der Waals surface area contributed by atoms with Crippen LogP contribution in [0.25, 0.3) is 0 Å². The third kappa shape index (κ3) is 3.60. The minimum Gasteiger partial charge on any atom is -0.502 e. The Kier molecular flexibility index (Phi) is 5.64. The highest BCUT2D eigenvalue weighted by Crippen LogP contribution is 2.26. The molecule has 0 unspecified atom stereocenters. The first-order valence-corrected chi connectivity index (χ1v) is 10.5. The van der Waals surface area contributed by atoms with Crippen molar-refractivity contribution in [3.63, 3.8) is 0 Å². The average molecular weight is 443 g/mol. The van der Waals surface area contributed by atoms with E-state index in [2.05, 4.69) is 10.2 Å². The second-order valence-electron chi connectivity index (χ2n) is 8.16. The summed E-state index contributed by atoms with van der Waals surface area (Å²) in [6, 6.07) is 4.22. The molecule has 2 aromatic rings. The lowest BCUT2D eigenvalue weighted by Crippen LogP contribution is -2.68. The number of nitrogens with zero attached hydrogens (tertiary/aromatic N) is 4. The van der Waals surface area contributed by atoms with Crippen molar-refractivity contribution in [2.45, 2.75) is 26.6 Å². The van der Waals surface area contributed by atoms with Crippen LogP contribution in [-0.2, 0) is 6.54 Å². The molecule has 1 aromatic carbocycles. The standard InChI is InChI=1S/C22H26FN5O4/c1-4-26-17-12-25(3)7-8-27(17)28-11-16(19(29)20(30)18(28)22(26)32)21(31)24-10-14-5-6-15(23)9-13(14)2/h5-6,9,11,17,30H,4,7-8,10,12H2,1-3H3,(H,24,31)/t17-/m0/s1. The number of halogens is 1. The van der Waals surface area contributed by atoms with E-state index >= 15 is 0 Å². The zero-order chi connectivity index (χ0) is 23.2. The number of benzene rings is 1. The molecular weight excluding hydrogens is 417 g/mol. The smallest absolute Gasteiger partial charge is 0.278 e. The quantitative estimate of drug-likeness (QED) is 0.719. The molecule has 3 heterocycles. The van der Waals surface area contributed by atoms with Crippen molar-refractivity contribution < 1.29 is 19.1 Å². The summed E-state index contributed by atoms with van der Waals surface area (Å²) in [5, 5.41) is 15.2. The number of aromatic hydroxyl groups is 1. The van der Waals surface area contributed by atoms with Crippen LogP contribution in [0.1, 0.15) is 38.9 Å². The molecule has 9 nitrogen and oxygen atoms in total. The van der Waals surface area contributed by atoms with Crippen molar-refractivity contribution in [2.75, 3.05) is 38.2 Å². The second-order valence-corrected chi connectivity index (χ2v) is 8.16. The van der Waals surface area contributed by atoms with Gasteiger partial charge in [-0.05, 0) is 44.2 Å². The van der Waals surface area contributed by atoms with Crippen LogP contribution in [0.2, 0.25) is 0 Å². The van der Waals surface area contributed by atoms with Crippen LogP contribution >= 0.6 is 0 Å². The Labute approximate surface area is 184 Å². The van der Waals surface area contributed by atoms with Crippen LogP contribution < -0.4 is 15.8 Å². The average Bonchev–Trinajstić information content (AvgIpc) is 2.75. The fourth-order valence-electron chi connectivity index (χ4n) is 4.30. The SMILES string of the molecule is CCN1C(=O)c2c(O)c(=O)c(C(=O)NCc3ccc(F)cc3C)cn2N2CCN(C)C[C@@H]12. The van der Waals surface area contributed by atoms with Crippen LogP contribution in [0.3, 0.4) is 0 Å². The Morgan fingerprint density at radius 1 is 1.28 bits per heavy atom. The summed E-state index contributed by atoms with van der Waals surface area (Å²) in [6.45, 7) is 5.94. The summed E-state index contributed by atoms with van der Waals surface area (Å²) in [6.07, 6.45) is 1.05. The largest absolute Gasteiger partial charge is 0.502 e. The Bertz CT molecular complexity index is 1150. The first kappa shape index (κ1) is 21.8. The van der Waals surface area contributed by atoms with E-state index in [1.807, 2.05) is 19.0 Å². The van der Waals surface area contributed by atoms with Crippen molar-refractivity contribution in [3.8, 4) is 5.75 Å². The number of likely N-dealkylation sites (N-methyl/N-ethyl adjacent to an activating group) is 2. The molecular formula is C22H26FN5O4. The van der Waals surface area contributed by atoms with Gasteiger partial charge in [-0.25, -0.2) is 4.39 Å². The Morgan fingerprint density at radius 3 is 2.72 bits per heavy atom. The number of aryl methyl sites for hydroxylation is 1. The number of aromatic nitrogens is 1. The molecule has 0 spiro atoms. The molecule has 1 atom stereocenters. The maximum Gasteiger partial charge on any atom is 0.278 e. The first-order chi connectivity index (χ1) is 15.2. The molecule has 2 aliphatic heterocycles. The molecule has 2 N–H and O–H groups in total. The number of carbonyl (C=O) groups is 2. The minimum atomic E-state index is -0.901. The van der Waals surface area contributed by atoms with Crippen molar-refractivity contribution in [1.29, 1.82) is 0 Å². The third-order valence-corrected chi connectivity index (χ3v) is 6.12. The molecule has 0 aliphatic carbocycles. The van der Waals surface area contributed by atoms with Gasteiger partial charge in [0.2, 0.25) is 5.43 Å². The molecule has 170 valence electrons. The summed E-state index contributed by atoms with van der Waals surface area (Å²) in [4.78, 5) is 42.4. The van der Waals surface area contributed by atoms with Crippen LogP contribution in [0.5, 0.6) is 5.75 Å². The number of hydrogen-bond acceptors (Lipinski definition) is 6. The van der Waals surface area contributed by atoms with Crippen molar-refractivity contribution in [1.82, 2.24) is 19.8 Å². The normalized spacial score (nSPS) is 18.4. The van der Waals surface area contributed by atoms with Gasteiger partial charge >= 0.3 is 0 Å². The number of nitrogens with one attached hydrogen (secondary N) is 1. The van der Waals surface area contributed by atoms with E-state index in [9.17, 15) is 23.9 Å². The van der Waals surface area contributed by atoms with Gasteiger partial charge in [0.05, 0.1) is 0 Å². The summed E-state index contributed by atoms with van der Waals surface area (Å²) in [7, 11) is 1.96. The highest BCUT2D eigenvalue weighted by atomic mass is 19.1. The molecule has 1 saturated heterocycles. The fraction of sp³-hybridized carbons (Fsp3) is 0.409. The van der Waals surface area contributed by atoms with Gasteiger partial charge in [0.1, 0.15) is 17.5 Å². The van der Waals surface area contributed by atoms with Gasteiger partial charge in [-0.15, -0.1) is 0 Å². The van der Waals surface area contributed by atoms with Gasteiger partial charge in [-0.1, -0.05) is 6.07 Å². The minimum absolute atomic E-state index is 0.0899. The van der Waals surface area contributed by atoms with E-state index in [0.717, 1.165) is 6.54 Å². The van der Waals surface area contributed by atoms with Gasteiger partial charge in [0.25, 0.3) is 11.8 Å². The van der Waals surface area contributed by atoms with Gasteiger partial charge in [-0.2, -0.15) is 0 Å². The lowest BCUT2D eigenvalue weighted by atomic mass is 10.1. The number of piperazine rings is 1. The zero-order valence-corrected chi connectivity index (χ0v) is 18.3. The van der Waals surface area contributed by atoms with Crippen LogP contribution in [0.4, 0.5) is 4.39 Å². The first-order valence-electron chi connectivity index (χ1n) is 10.5. The molecule has 2 amide bonds. The maximum atomic E-state index is 13.3. The Hall–Kier alpha value is -3.40. The second kappa shape index (κ2) is 8.27. The highest BCUT2D eigenvalue weighted by molar-refractivity contribution is 5.99. The van der Waals surface area contributed by atoms with Crippen molar-refractivity contribution in [2.24, 2.45) is 0 Å². The zero-order valence-electron chi connectivity index (χ0n) is 18.3. The molecule has 1 fully saturated rings. The van der Waals surface area contributed by atoms with E-state index in [1.54, 1.807) is 17.9 Å². The van der Waals surface area contributed by atoms with Crippen molar-refractivity contribution >= 4 is 11.8 Å². The summed E-state index contributed by atoms with van der Waals surface area (Å²) in [5.74, 6) is -2.24. The van der Waals surface area contributed by atoms with E-state index in [0.29, 0.717) is 30.8 Å². The Morgan fingerprint density at radius 2 is 2.03 bits per heavy atom. The number of fused-ring (bicyclic) bond motifs is 3. The number of carbonyl (C=O) groups excluding carboxylic acids is 2. The molecule has 0 radical (unpaired) electrons. The number of hydrogen-bond donors (Lipinski definition) is 2. The lowest BCUT2D eigenvalue weighted by Gasteiger charge is -2.50. The monoisotopic (exact) mass is 443 g/mol. The molecule has 0 bridgehead atoms. The molecule has 0 saturated carbocycles. The lowest BCUT2D eigenvalue weighted by molar-refractivity contribution is 0.0457. The van der Waals surface area contributed by atoms with Gasteiger partial charge < -0.3 is 20.2 Å². The number of pyridine rings is 1. The fourth-order valence-corrected chi connectivity index (χ4v) is 4.30. The molecule has 1 aromatic heterocycles. The van der Waals surface area contributed by atoms with Gasteiger partial charge in [0, 0.05) is 38.9 Å². The maximum absolute atomic E-state index is 13.3. The van der Waals surface area contributed by atoms with E-state index in [1.165, 1.54) is 23.0 Å². The Balaban J connectivity index is 1.69. The van der Waals surface area contributed by atoms with E-state index < -0.39 is 23.0 Å². The third-order valence-electron chi connectivity index (χ3n) is 6.12. The highest BCUT2D eigenvalue weighted by Gasteiger charge is 2.41. The molecule has 10 heteroatoms. The molecule has 4 rings (SSSR count). The molecule has 32 heavy (non-hydrogen) atoms. The van der Waals surface area contributed by atoms with E-state index in [-0.39, 0.29) is 29.8 Å². The number of amides is 2. The summed E-state index contributed by atoms with van der Waals surface area (Å²) < 4.78 is 14.8. The van der Waals surface area contributed by atoms with Crippen LogP contribution in [0.15, 0.2) is 29.2 Å².